The number of carbonyl (C=O) groups is 3. The minimum Gasteiger partial charge on any atom is -0.465 e. The molecule has 32 heavy (non-hydrogen) atoms. The molecule has 2 aromatic carbocycles. The molecule has 0 saturated carbocycles. The van der Waals surface area contributed by atoms with E-state index in [2.05, 4.69) is 4.99 Å². The summed E-state index contributed by atoms with van der Waals surface area (Å²) in [5.74, 6) is -1.11. The fourth-order valence-corrected chi connectivity index (χ4v) is 3.81. The molecule has 0 radical (unpaired) electrons. The Hall–Kier alpha value is -3.39. The Bertz CT molecular complexity index is 1080. The number of esters is 2. The quantitative estimate of drug-likeness (QED) is 0.462. The number of hydrogen-bond donors (Lipinski definition) is 0. The number of amides is 1. The van der Waals surface area contributed by atoms with Crippen molar-refractivity contribution in [1.82, 2.24) is 0 Å². The number of benzene rings is 2. The van der Waals surface area contributed by atoms with Crippen LogP contribution in [-0.2, 0) is 19.1 Å². The van der Waals surface area contributed by atoms with E-state index in [1.807, 2.05) is 31.2 Å². The van der Waals surface area contributed by atoms with Crippen LogP contribution in [0.15, 0.2) is 59.2 Å². The van der Waals surface area contributed by atoms with E-state index >= 15 is 0 Å². The summed E-state index contributed by atoms with van der Waals surface area (Å²) in [7, 11) is 0. The molecule has 3 rings (SSSR count). The molecule has 0 aliphatic carbocycles. The minimum absolute atomic E-state index is 0.0228. The maximum atomic E-state index is 13.2. The van der Waals surface area contributed by atoms with Gasteiger partial charge in [-0.15, -0.1) is 0 Å². The number of aliphatic imine (C=N–C) groups is 1. The minimum atomic E-state index is -0.433. The van der Waals surface area contributed by atoms with Crippen molar-refractivity contribution in [2.75, 3.05) is 23.9 Å². The van der Waals surface area contributed by atoms with E-state index in [0.29, 0.717) is 16.4 Å². The second kappa shape index (κ2) is 10.8. The first-order valence-corrected chi connectivity index (χ1v) is 11.2. The Morgan fingerprint density at radius 3 is 2.38 bits per heavy atom. The van der Waals surface area contributed by atoms with Crippen LogP contribution in [0.2, 0.25) is 0 Å². The normalized spacial score (nSPS) is 14.5. The highest BCUT2D eigenvalue weighted by molar-refractivity contribution is 8.14. The molecule has 1 amide bonds. The van der Waals surface area contributed by atoms with Crippen LogP contribution < -0.4 is 4.90 Å². The molecule has 1 aliphatic rings. The molecule has 0 atom stereocenters. The highest BCUT2D eigenvalue weighted by Gasteiger charge is 2.32. The molecular weight excluding hydrogens is 428 g/mol. The van der Waals surface area contributed by atoms with Gasteiger partial charge in [0.15, 0.2) is 5.17 Å². The van der Waals surface area contributed by atoms with E-state index in [-0.39, 0.29) is 36.5 Å². The van der Waals surface area contributed by atoms with Gasteiger partial charge in [-0.3, -0.25) is 14.5 Å². The molecule has 8 heteroatoms. The molecule has 0 aromatic heterocycles. The predicted octanol–water partition coefficient (Wildman–Crippen LogP) is 4.21. The van der Waals surface area contributed by atoms with Crippen LogP contribution in [0, 0.1) is 6.92 Å². The number of ether oxygens (including phenoxy) is 2. The zero-order valence-corrected chi connectivity index (χ0v) is 19.0. The van der Waals surface area contributed by atoms with E-state index < -0.39 is 5.97 Å². The van der Waals surface area contributed by atoms with E-state index in [1.165, 1.54) is 4.90 Å². The number of rotatable bonds is 7. The smallest absolute Gasteiger partial charge is 0.338 e. The fraction of sp³-hybridized carbons (Fsp3) is 0.250. The third-order valence-corrected chi connectivity index (χ3v) is 5.48. The van der Waals surface area contributed by atoms with Crippen LogP contribution in [0.1, 0.15) is 35.3 Å². The van der Waals surface area contributed by atoms with Gasteiger partial charge in [-0.25, -0.2) is 9.79 Å². The number of carbonyl (C=O) groups excluding carboxylic acids is 3. The number of hydrogen-bond acceptors (Lipinski definition) is 7. The third kappa shape index (κ3) is 5.45. The Morgan fingerprint density at radius 1 is 1.03 bits per heavy atom. The molecule has 1 aliphatic heterocycles. The summed E-state index contributed by atoms with van der Waals surface area (Å²) >= 11 is 1.12. The van der Waals surface area contributed by atoms with Crippen molar-refractivity contribution in [2.24, 2.45) is 4.99 Å². The average molecular weight is 453 g/mol. The number of aryl methyl sites for hydroxylation is 1. The second-order valence-electron chi connectivity index (χ2n) is 6.78. The summed E-state index contributed by atoms with van der Waals surface area (Å²) in [6, 6.07) is 14.2. The number of nitrogens with zero attached hydrogens (tertiary/aromatic N) is 2. The van der Waals surface area contributed by atoms with E-state index in [0.717, 1.165) is 22.9 Å². The number of anilines is 1. The lowest BCUT2D eigenvalue weighted by molar-refractivity contribution is -0.139. The Morgan fingerprint density at radius 2 is 1.72 bits per heavy atom. The molecule has 2 aromatic rings. The average Bonchev–Trinajstić information content (AvgIpc) is 3.09. The van der Waals surface area contributed by atoms with E-state index in [4.69, 9.17) is 9.47 Å². The summed E-state index contributed by atoms with van der Waals surface area (Å²) in [6.07, 6.45) is 1.73. The molecule has 1 heterocycles. The predicted molar refractivity (Wildman–Crippen MR) is 126 cm³/mol. The van der Waals surface area contributed by atoms with Gasteiger partial charge in [0.2, 0.25) is 0 Å². The Kier molecular flexibility index (Phi) is 7.83. The summed E-state index contributed by atoms with van der Waals surface area (Å²) < 4.78 is 10.00. The van der Waals surface area contributed by atoms with Gasteiger partial charge >= 0.3 is 11.9 Å². The van der Waals surface area contributed by atoms with Gasteiger partial charge in [-0.05, 0) is 62.2 Å². The molecule has 0 saturated heterocycles. The Labute approximate surface area is 191 Å². The molecule has 0 bridgehead atoms. The summed E-state index contributed by atoms with van der Waals surface area (Å²) in [5.41, 5.74) is 3.08. The van der Waals surface area contributed by atoms with Gasteiger partial charge < -0.3 is 9.47 Å². The molecule has 0 fully saturated rings. The first-order valence-electron chi connectivity index (χ1n) is 10.2. The second-order valence-corrected chi connectivity index (χ2v) is 7.72. The van der Waals surface area contributed by atoms with E-state index in [9.17, 15) is 14.4 Å². The van der Waals surface area contributed by atoms with Crippen LogP contribution in [0.3, 0.4) is 0 Å². The topological polar surface area (TPSA) is 85.3 Å². The van der Waals surface area contributed by atoms with Crippen molar-refractivity contribution in [1.29, 1.82) is 0 Å². The largest absolute Gasteiger partial charge is 0.465 e. The highest BCUT2D eigenvalue weighted by Crippen LogP contribution is 2.30. The molecular formula is C24H24N2O5S. The summed E-state index contributed by atoms with van der Waals surface area (Å²) in [4.78, 5) is 43.0. The fourth-order valence-electron chi connectivity index (χ4n) is 3.00. The molecule has 0 spiro atoms. The van der Waals surface area contributed by atoms with Gasteiger partial charge in [0, 0.05) is 0 Å². The zero-order valence-electron chi connectivity index (χ0n) is 18.2. The van der Waals surface area contributed by atoms with Crippen molar-refractivity contribution in [2.45, 2.75) is 20.8 Å². The third-order valence-electron chi connectivity index (χ3n) is 4.57. The standard InChI is InChI=1S/C24H24N2O5S/c1-4-30-21(27)15-32-24-25-20(14-18-9-7-6-8-16(18)3)22(28)26(24)19-12-10-17(11-13-19)23(29)31-5-2/h6-14H,4-5,15H2,1-3H3. The van der Waals surface area contributed by atoms with Crippen molar-refractivity contribution in [3.63, 3.8) is 0 Å². The maximum absolute atomic E-state index is 13.2. The highest BCUT2D eigenvalue weighted by atomic mass is 32.2. The molecule has 7 nitrogen and oxygen atoms in total. The molecule has 0 unspecified atom stereocenters. The van der Waals surface area contributed by atoms with Crippen LogP contribution in [0.5, 0.6) is 0 Å². The molecule has 0 N–H and O–H groups in total. The summed E-state index contributed by atoms with van der Waals surface area (Å²) in [6.45, 7) is 5.99. The van der Waals surface area contributed by atoms with Gasteiger partial charge in [0.1, 0.15) is 5.70 Å². The first-order chi connectivity index (χ1) is 15.4. The Balaban J connectivity index is 1.92. The summed E-state index contributed by atoms with van der Waals surface area (Å²) in [5, 5.41) is 0.367. The first kappa shape index (κ1) is 23.3. The number of amidine groups is 1. The lowest BCUT2D eigenvalue weighted by Gasteiger charge is -2.18. The van der Waals surface area contributed by atoms with Gasteiger partial charge in [-0.1, -0.05) is 36.0 Å². The van der Waals surface area contributed by atoms with Crippen molar-refractivity contribution in [3.05, 3.63) is 70.9 Å². The van der Waals surface area contributed by atoms with Crippen LogP contribution >= 0.6 is 11.8 Å². The lowest BCUT2D eigenvalue weighted by Crippen LogP contribution is -2.31. The van der Waals surface area contributed by atoms with E-state index in [1.54, 1.807) is 44.2 Å². The SMILES string of the molecule is CCOC(=O)CSC1=NC(=Cc2ccccc2C)C(=O)N1c1ccc(C(=O)OCC)cc1. The van der Waals surface area contributed by atoms with Crippen molar-refractivity contribution < 1.29 is 23.9 Å². The lowest BCUT2D eigenvalue weighted by atomic mass is 10.1. The van der Waals surface area contributed by atoms with Crippen molar-refractivity contribution >= 4 is 46.5 Å². The van der Waals surface area contributed by atoms with Crippen molar-refractivity contribution in [3.8, 4) is 0 Å². The monoisotopic (exact) mass is 452 g/mol. The van der Waals surface area contributed by atoms with Gasteiger partial charge in [0.05, 0.1) is 30.2 Å². The van der Waals surface area contributed by atoms with Crippen LogP contribution in [-0.4, -0.2) is 42.0 Å². The van der Waals surface area contributed by atoms with Gasteiger partial charge in [0.25, 0.3) is 5.91 Å². The maximum Gasteiger partial charge on any atom is 0.338 e. The van der Waals surface area contributed by atoms with Gasteiger partial charge in [-0.2, -0.15) is 0 Å². The number of thioether (sulfide) groups is 1. The van der Waals surface area contributed by atoms with Crippen LogP contribution in [0.4, 0.5) is 5.69 Å². The zero-order chi connectivity index (χ0) is 23.1. The molecule has 166 valence electrons. The van der Waals surface area contributed by atoms with Crippen LogP contribution in [0.25, 0.3) is 6.08 Å².